The van der Waals surface area contributed by atoms with E-state index in [-0.39, 0.29) is 29.5 Å². The number of carboxylic acid groups (broad SMARTS) is 1. The molecule has 0 aliphatic carbocycles. The highest BCUT2D eigenvalue weighted by Crippen LogP contribution is 2.33. The van der Waals surface area contributed by atoms with E-state index in [0.29, 0.717) is 0 Å². The molecule has 0 aromatic heterocycles. The Kier molecular flexibility index (Phi) is 8.28. The van der Waals surface area contributed by atoms with Crippen molar-refractivity contribution in [2.75, 3.05) is 13.6 Å². The highest BCUT2D eigenvalue weighted by Gasteiger charge is 2.52. The normalized spacial score (nSPS) is 19.3. The molecule has 0 saturated carbocycles. The predicted molar refractivity (Wildman–Crippen MR) is 128 cm³/mol. The lowest BCUT2D eigenvalue weighted by Gasteiger charge is -2.41. The van der Waals surface area contributed by atoms with Gasteiger partial charge in [0.05, 0.1) is 11.1 Å². The van der Waals surface area contributed by atoms with Crippen LogP contribution in [0.4, 0.5) is 0 Å². The first kappa shape index (κ1) is 27.3. The lowest BCUT2D eigenvalue weighted by atomic mass is 9.98. The quantitative estimate of drug-likeness (QED) is 0.497. The second kappa shape index (κ2) is 11.2. The fraction of sp³-hybridized carbons (Fsp3) is 0.346. The molecule has 3 rings (SSSR count). The van der Waals surface area contributed by atoms with Crippen molar-refractivity contribution >= 4 is 29.8 Å². The molecule has 0 radical (unpaired) electrons. The SMILES string of the molecule is CC(C)[C@@]1(C)N(OC(=O)C(OC(=O)c2ccccc2)C(OC(=O)c2ccccc2)C(=O)O)CC(=O)N1C. The number of nitrogens with zero attached hydrogens (tertiary/aromatic N) is 2. The second-order valence-corrected chi connectivity index (χ2v) is 8.87. The second-order valence-electron chi connectivity index (χ2n) is 8.87. The minimum atomic E-state index is -2.24. The molecule has 1 N–H and O–H groups in total. The van der Waals surface area contributed by atoms with Gasteiger partial charge in [-0.15, -0.1) is 5.06 Å². The van der Waals surface area contributed by atoms with Crippen molar-refractivity contribution < 1.29 is 43.4 Å². The Hall–Kier alpha value is -4.25. The molecule has 1 amide bonds. The molecule has 2 aromatic rings. The van der Waals surface area contributed by atoms with E-state index < -0.39 is 41.7 Å². The molecule has 2 unspecified atom stereocenters. The fourth-order valence-corrected chi connectivity index (χ4v) is 3.76. The Bertz CT molecular complexity index is 1170. The van der Waals surface area contributed by atoms with Crippen LogP contribution in [0.1, 0.15) is 41.5 Å². The number of hydroxylamine groups is 2. The molecule has 1 aliphatic rings. The first-order chi connectivity index (χ1) is 17.5. The third kappa shape index (κ3) is 5.78. The number of amides is 1. The van der Waals surface area contributed by atoms with Gasteiger partial charge in [0.15, 0.2) is 0 Å². The van der Waals surface area contributed by atoms with Crippen LogP contribution in [0, 0.1) is 5.92 Å². The lowest BCUT2D eigenvalue weighted by molar-refractivity contribution is -0.240. The molecule has 3 atom stereocenters. The number of carbonyl (C=O) groups is 5. The van der Waals surface area contributed by atoms with E-state index in [4.69, 9.17) is 14.3 Å². The zero-order chi connectivity index (χ0) is 27.3. The number of carboxylic acids is 1. The number of likely N-dealkylation sites (N-methyl/N-ethyl adjacent to an activating group) is 1. The van der Waals surface area contributed by atoms with Gasteiger partial charge in [0.1, 0.15) is 12.2 Å². The molecule has 1 heterocycles. The largest absolute Gasteiger partial charge is 0.478 e. The molecule has 1 saturated heterocycles. The molecule has 196 valence electrons. The summed E-state index contributed by atoms with van der Waals surface area (Å²) in [5.41, 5.74) is -1.02. The molecule has 11 nitrogen and oxygen atoms in total. The summed E-state index contributed by atoms with van der Waals surface area (Å²) in [5.74, 6) is -5.71. The van der Waals surface area contributed by atoms with Crippen LogP contribution >= 0.6 is 0 Å². The molecule has 0 bridgehead atoms. The van der Waals surface area contributed by atoms with Crippen molar-refractivity contribution in [1.82, 2.24) is 9.96 Å². The number of hydrogen-bond acceptors (Lipinski definition) is 9. The molecule has 37 heavy (non-hydrogen) atoms. The molecule has 0 spiro atoms. The van der Waals surface area contributed by atoms with Gasteiger partial charge in [-0.2, -0.15) is 0 Å². The number of carbonyl (C=O) groups excluding carboxylic acids is 4. The summed E-state index contributed by atoms with van der Waals surface area (Å²) in [6.45, 7) is 4.98. The Morgan fingerprint density at radius 3 is 1.76 bits per heavy atom. The average Bonchev–Trinajstić information content (AvgIpc) is 3.10. The van der Waals surface area contributed by atoms with Gasteiger partial charge in [0.25, 0.3) is 0 Å². The van der Waals surface area contributed by atoms with E-state index in [0.717, 1.165) is 5.06 Å². The van der Waals surface area contributed by atoms with Crippen molar-refractivity contribution in [3.63, 3.8) is 0 Å². The van der Waals surface area contributed by atoms with Gasteiger partial charge in [0, 0.05) is 7.05 Å². The van der Waals surface area contributed by atoms with Crippen molar-refractivity contribution in [2.45, 2.75) is 38.6 Å². The van der Waals surface area contributed by atoms with Gasteiger partial charge in [0.2, 0.25) is 18.1 Å². The molecule has 11 heteroatoms. The third-order valence-corrected chi connectivity index (χ3v) is 6.37. The summed E-state index contributed by atoms with van der Waals surface area (Å²) in [6.07, 6.45) is -4.43. The molecular formula is C26H28N2O9. The van der Waals surface area contributed by atoms with Crippen LogP contribution < -0.4 is 0 Å². The maximum Gasteiger partial charge on any atom is 0.371 e. The van der Waals surface area contributed by atoms with Crippen LogP contribution in [0.3, 0.4) is 0 Å². The van der Waals surface area contributed by atoms with Crippen LogP contribution in [-0.2, 0) is 28.7 Å². The first-order valence-corrected chi connectivity index (χ1v) is 11.5. The van der Waals surface area contributed by atoms with Crippen LogP contribution in [-0.4, -0.2) is 76.3 Å². The maximum atomic E-state index is 13.3. The maximum absolute atomic E-state index is 13.3. The number of esters is 2. The Morgan fingerprint density at radius 2 is 1.32 bits per heavy atom. The summed E-state index contributed by atoms with van der Waals surface area (Å²) in [6, 6.07) is 15.1. The predicted octanol–water partition coefficient (Wildman–Crippen LogP) is 2.13. The van der Waals surface area contributed by atoms with Crippen molar-refractivity contribution in [3.05, 3.63) is 71.8 Å². The van der Waals surface area contributed by atoms with Crippen LogP contribution in [0.15, 0.2) is 60.7 Å². The standard InChI is InChI=1S/C26H28N2O9/c1-16(2)26(3)27(4)19(29)15-28(26)37-25(34)21(36-24(33)18-13-9-6-10-14-18)20(22(30)31)35-23(32)17-11-7-5-8-12-17/h5-14,16,20-21H,15H2,1-4H3,(H,30,31)/t20?,21?,26-/m1/s1. The van der Waals surface area contributed by atoms with E-state index in [9.17, 15) is 29.1 Å². The summed E-state index contributed by atoms with van der Waals surface area (Å²) in [4.78, 5) is 70.1. The Morgan fingerprint density at radius 1 is 0.865 bits per heavy atom. The zero-order valence-corrected chi connectivity index (χ0v) is 20.8. The molecule has 1 fully saturated rings. The Balaban J connectivity index is 1.93. The molecule has 2 aromatic carbocycles. The third-order valence-electron chi connectivity index (χ3n) is 6.37. The van der Waals surface area contributed by atoms with E-state index >= 15 is 0 Å². The van der Waals surface area contributed by atoms with Crippen LogP contribution in [0.25, 0.3) is 0 Å². The minimum Gasteiger partial charge on any atom is -0.478 e. The van der Waals surface area contributed by atoms with Crippen LogP contribution in [0.2, 0.25) is 0 Å². The van der Waals surface area contributed by atoms with Gasteiger partial charge < -0.3 is 24.3 Å². The molecule has 1 aliphatic heterocycles. The highest BCUT2D eigenvalue weighted by molar-refractivity contribution is 5.95. The van der Waals surface area contributed by atoms with E-state index in [1.807, 2.05) is 13.8 Å². The summed E-state index contributed by atoms with van der Waals surface area (Å²) in [7, 11) is 1.55. The van der Waals surface area contributed by atoms with Crippen molar-refractivity contribution in [2.24, 2.45) is 5.92 Å². The average molecular weight is 513 g/mol. The monoisotopic (exact) mass is 512 g/mol. The fourth-order valence-electron chi connectivity index (χ4n) is 3.76. The summed E-state index contributed by atoms with van der Waals surface area (Å²) >= 11 is 0. The van der Waals surface area contributed by atoms with Gasteiger partial charge >= 0.3 is 23.9 Å². The van der Waals surface area contributed by atoms with Crippen molar-refractivity contribution in [1.29, 1.82) is 0 Å². The number of hydrogen-bond donors (Lipinski definition) is 1. The van der Waals surface area contributed by atoms with Crippen molar-refractivity contribution in [3.8, 4) is 0 Å². The number of ether oxygens (including phenoxy) is 2. The smallest absolute Gasteiger partial charge is 0.371 e. The molecular weight excluding hydrogens is 484 g/mol. The van der Waals surface area contributed by atoms with Gasteiger partial charge in [-0.25, -0.2) is 19.2 Å². The van der Waals surface area contributed by atoms with E-state index in [1.165, 1.54) is 29.2 Å². The zero-order valence-electron chi connectivity index (χ0n) is 20.8. The van der Waals surface area contributed by atoms with Gasteiger partial charge in [-0.05, 0) is 37.1 Å². The lowest BCUT2D eigenvalue weighted by Crippen LogP contribution is -2.56. The van der Waals surface area contributed by atoms with Gasteiger partial charge in [-0.3, -0.25) is 4.79 Å². The summed E-state index contributed by atoms with van der Waals surface area (Å²) in [5, 5.41) is 11.0. The number of rotatable bonds is 9. The van der Waals surface area contributed by atoms with E-state index in [1.54, 1.807) is 50.4 Å². The van der Waals surface area contributed by atoms with E-state index in [2.05, 4.69) is 0 Å². The Labute approximate surface area is 213 Å². The number of benzene rings is 2. The van der Waals surface area contributed by atoms with Crippen LogP contribution in [0.5, 0.6) is 0 Å². The van der Waals surface area contributed by atoms with Gasteiger partial charge in [-0.1, -0.05) is 50.2 Å². The minimum absolute atomic E-state index is 0.0226. The summed E-state index contributed by atoms with van der Waals surface area (Å²) < 4.78 is 10.4. The highest BCUT2D eigenvalue weighted by atomic mass is 16.7. The topological polar surface area (TPSA) is 140 Å². The number of aliphatic carboxylic acids is 1. The first-order valence-electron chi connectivity index (χ1n) is 11.5.